The van der Waals surface area contributed by atoms with E-state index in [0.29, 0.717) is 5.92 Å². The van der Waals surface area contributed by atoms with Gasteiger partial charge in [-0.25, -0.2) is 0 Å². The molecule has 0 aliphatic rings. The van der Waals surface area contributed by atoms with Crippen molar-refractivity contribution in [2.45, 2.75) is 92.3 Å². The number of hydrogen-bond acceptors (Lipinski definition) is 3. The van der Waals surface area contributed by atoms with Crippen molar-refractivity contribution in [1.29, 1.82) is 0 Å². The zero-order valence-electron chi connectivity index (χ0n) is 18.3. The summed E-state index contributed by atoms with van der Waals surface area (Å²) in [6.45, 7) is 19.5. The summed E-state index contributed by atoms with van der Waals surface area (Å²) in [4.78, 5) is 0. The highest BCUT2D eigenvalue weighted by molar-refractivity contribution is 6.71. The van der Waals surface area contributed by atoms with Crippen LogP contribution in [-0.2, 0) is 20.2 Å². The quantitative estimate of drug-likeness (QED) is 0.505. The third-order valence-corrected chi connectivity index (χ3v) is 6.83. The first-order valence-electron chi connectivity index (χ1n) is 10.1. The minimum atomic E-state index is -1.59. The van der Waals surface area contributed by atoms with Crippen LogP contribution in [0, 0.1) is 5.92 Å². The van der Waals surface area contributed by atoms with Crippen LogP contribution >= 0.6 is 0 Å². The summed E-state index contributed by atoms with van der Waals surface area (Å²) in [5, 5.41) is 0. The molecule has 1 aromatic carbocycles. The van der Waals surface area contributed by atoms with Crippen LogP contribution in [0.3, 0.4) is 0 Å². The monoisotopic (exact) mass is 378 g/mol. The summed E-state index contributed by atoms with van der Waals surface area (Å²) in [5.74, 6) is 0.696. The van der Waals surface area contributed by atoms with E-state index in [1.807, 2.05) is 27.7 Å². The summed E-state index contributed by atoms with van der Waals surface area (Å²) in [6.07, 6.45) is 1.44. The molecule has 0 aromatic heterocycles. The molecule has 1 aromatic rings. The molecule has 0 fully saturated rings. The molecule has 1 atom stereocenters. The van der Waals surface area contributed by atoms with Crippen LogP contribution < -0.4 is 5.46 Å². The number of benzene rings is 1. The molecule has 0 amide bonds. The topological polar surface area (TPSA) is 27.7 Å². The smallest absolute Gasteiger partial charge is 0.414 e. The lowest BCUT2D eigenvalue weighted by Gasteiger charge is -2.29. The summed E-state index contributed by atoms with van der Waals surface area (Å²) >= 11 is 0. The summed E-state index contributed by atoms with van der Waals surface area (Å²) in [7, 11) is -1.90. The second-order valence-electron chi connectivity index (χ2n) is 8.93. The fraction of sp³-hybridized carbons (Fsp3) is 0.714. The van der Waals surface area contributed by atoms with Gasteiger partial charge < -0.3 is 13.7 Å². The van der Waals surface area contributed by atoms with Gasteiger partial charge in [0, 0.05) is 18.3 Å². The molecule has 0 radical (unpaired) electrons. The van der Waals surface area contributed by atoms with E-state index in [0.717, 1.165) is 11.9 Å². The highest BCUT2D eigenvalue weighted by Gasteiger charge is 2.27. The molecule has 1 unspecified atom stereocenters. The largest absolute Gasteiger partial charge is 0.494 e. The van der Waals surface area contributed by atoms with Gasteiger partial charge in [-0.05, 0) is 77.1 Å². The van der Waals surface area contributed by atoms with Crippen molar-refractivity contribution in [2.75, 3.05) is 0 Å². The molecule has 148 valence electrons. The van der Waals surface area contributed by atoms with Crippen LogP contribution in [0.2, 0.25) is 19.1 Å². The Labute approximate surface area is 163 Å². The normalized spacial score (nSPS) is 13.7. The first kappa shape index (κ1) is 23.4. The Hall–Kier alpha value is -0.618. The Bertz CT molecular complexity index is 504. The highest BCUT2D eigenvalue weighted by atomic mass is 28.4. The average Bonchev–Trinajstić information content (AvgIpc) is 2.43. The van der Waals surface area contributed by atoms with E-state index >= 15 is 0 Å². The molecule has 0 bridgehead atoms. The minimum absolute atomic E-state index is 0.125. The van der Waals surface area contributed by atoms with Crippen molar-refractivity contribution >= 4 is 20.9 Å². The molecule has 0 heterocycles. The Balaban J connectivity index is 2.70. The zero-order chi connectivity index (χ0) is 19.9. The molecule has 5 heteroatoms. The van der Waals surface area contributed by atoms with E-state index in [-0.39, 0.29) is 25.4 Å². The van der Waals surface area contributed by atoms with Gasteiger partial charge in [-0.3, -0.25) is 0 Å². The Morgan fingerprint density at radius 1 is 0.846 bits per heavy atom. The molecule has 0 aliphatic carbocycles. The van der Waals surface area contributed by atoms with E-state index in [1.165, 1.54) is 11.6 Å². The molecular formula is C21H39BO3Si. The van der Waals surface area contributed by atoms with Crippen LogP contribution in [0.15, 0.2) is 24.3 Å². The maximum atomic E-state index is 6.43. The second-order valence-corrected chi connectivity index (χ2v) is 13.1. The van der Waals surface area contributed by atoms with Crippen molar-refractivity contribution < 1.29 is 13.7 Å². The standard InChI is InChI=1S/C21H39BO3Si/c1-16(2)15-26(8,9)25-19(7)14-20-10-12-21(13-11-20)22(23-17(3)4)24-18(5)6/h10-13,16-19H,14-15H2,1-9H3. The molecule has 0 spiro atoms. The predicted octanol–water partition coefficient (Wildman–Crippen LogP) is 5.04. The van der Waals surface area contributed by atoms with Gasteiger partial charge in [0.1, 0.15) is 0 Å². The van der Waals surface area contributed by atoms with Gasteiger partial charge in [0.05, 0.1) is 0 Å². The van der Waals surface area contributed by atoms with Gasteiger partial charge >= 0.3 is 7.12 Å². The first-order valence-corrected chi connectivity index (χ1v) is 13.2. The van der Waals surface area contributed by atoms with Gasteiger partial charge in [-0.1, -0.05) is 38.1 Å². The maximum Gasteiger partial charge on any atom is 0.494 e. The van der Waals surface area contributed by atoms with Gasteiger partial charge in [-0.15, -0.1) is 0 Å². The fourth-order valence-corrected chi connectivity index (χ4v) is 6.68. The molecule has 0 saturated carbocycles. The lowest BCUT2D eigenvalue weighted by Crippen LogP contribution is -2.40. The number of hydrogen-bond donors (Lipinski definition) is 0. The van der Waals surface area contributed by atoms with Gasteiger partial charge in [-0.2, -0.15) is 0 Å². The molecule has 3 nitrogen and oxygen atoms in total. The van der Waals surface area contributed by atoms with E-state index in [1.54, 1.807) is 0 Å². The molecular weight excluding hydrogens is 339 g/mol. The highest BCUT2D eigenvalue weighted by Crippen LogP contribution is 2.20. The van der Waals surface area contributed by atoms with E-state index in [9.17, 15) is 0 Å². The molecule has 0 saturated heterocycles. The Morgan fingerprint density at radius 2 is 1.35 bits per heavy atom. The Kier molecular flexibility index (Phi) is 9.59. The minimum Gasteiger partial charge on any atom is -0.414 e. The second kappa shape index (κ2) is 10.6. The molecule has 0 N–H and O–H groups in total. The summed E-state index contributed by atoms with van der Waals surface area (Å²) in [5.41, 5.74) is 2.36. The first-order chi connectivity index (χ1) is 12.0. The molecule has 0 aliphatic heterocycles. The lowest BCUT2D eigenvalue weighted by molar-refractivity contribution is 0.139. The maximum absolute atomic E-state index is 6.43. The van der Waals surface area contributed by atoms with Crippen molar-refractivity contribution in [3.05, 3.63) is 29.8 Å². The van der Waals surface area contributed by atoms with Gasteiger partial charge in [0.15, 0.2) is 8.32 Å². The van der Waals surface area contributed by atoms with Crippen molar-refractivity contribution in [3.63, 3.8) is 0 Å². The van der Waals surface area contributed by atoms with Crippen molar-refractivity contribution in [1.82, 2.24) is 0 Å². The summed E-state index contributed by atoms with van der Waals surface area (Å²) < 4.78 is 18.3. The van der Waals surface area contributed by atoms with E-state index in [2.05, 4.69) is 58.1 Å². The third kappa shape index (κ3) is 9.36. The zero-order valence-corrected chi connectivity index (χ0v) is 19.3. The SMILES string of the molecule is CC(C)C[Si](C)(C)OC(C)Cc1ccc(B(OC(C)C)OC(C)C)cc1. The number of rotatable bonds is 11. The molecule has 26 heavy (non-hydrogen) atoms. The lowest BCUT2D eigenvalue weighted by atomic mass is 9.77. The van der Waals surface area contributed by atoms with Crippen LogP contribution in [0.25, 0.3) is 0 Å². The van der Waals surface area contributed by atoms with Crippen LogP contribution in [0.5, 0.6) is 0 Å². The average molecular weight is 378 g/mol. The fourth-order valence-electron chi connectivity index (χ4n) is 3.44. The predicted molar refractivity (Wildman–Crippen MR) is 116 cm³/mol. The van der Waals surface area contributed by atoms with Crippen LogP contribution in [0.4, 0.5) is 0 Å². The van der Waals surface area contributed by atoms with Crippen molar-refractivity contribution in [2.24, 2.45) is 5.92 Å². The van der Waals surface area contributed by atoms with Gasteiger partial charge in [0.25, 0.3) is 0 Å². The van der Waals surface area contributed by atoms with Crippen LogP contribution in [-0.4, -0.2) is 33.7 Å². The third-order valence-electron chi connectivity index (χ3n) is 3.99. The summed E-state index contributed by atoms with van der Waals surface area (Å²) in [6, 6.07) is 9.79. The van der Waals surface area contributed by atoms with Gasteiger partial charge in [0.2, 0.25) is 0 Å². The molecule has 1 rings (SSSR count). The van der Waals surface area contributed by atoms with Crippen LogP contribution in [0.1, 0.15) is 54.0 Å². The Morgan fingerprint density at radius 3 is 1.77 bits per heavy atom. The van der Waals surface area contributed by atoms with E-state index in [4.69, 9.17) is 13.7 Å². The van der Waals surface area contributed by atoms with Crippen molar-refractivity contribution in [3.8, 4) is 0 Å². The van der Waals surface area contributed by atoms with E-state index < -0.39 is 8.32 Å².